The number of aromatic nitrogens is 3. The fraction of sp³-hybridized carbons (Fsp3) is 0.0968. The predicted octanol–water partition coefficient (Wildman–Crippen LogP) is 8.16. The van der Waals surface area contributed by atoms with Gasteiger partial charge < -0.3 is 9.47 Å². The molecule has 5 nitrogen and oxygen atoms in total. The van der Waals surface area contributed by atoms with Crippen LogP contribution >= 0.6 is 23.2 Å². The summed E-state index contributed by atoms with van der Waals surface area (Å²) < 4.78 is 13.3. The molecule has 6 aromatic rings. The summed E-state index contributed by atoms with van der Waals surface area (Å²) in [5, 5.41) is 8.94. The smallest absolute Gasteiger partial charge is 0.164 e. The molecule has 2 aromatic heterocycles. The number of fused-ring (bicyclic) bond motifs is 3. The lowest BCUT2D eigenvalue weighted by atomic mass is 9.98. The van der Waals surface area contributed by atoms with Gasteiger partial charge in [-0.1, -0.05) is 71.7 Å². The molecule has 0 fully saturated rings. The van der Waals surface area contributed by atoms with Crippen LogP contribution in [0.5, 0.6) is 11.5 Å². The molecule has 2 heterocycles. The van der Waals surface area contributed by atoms with Crippen molar-refractivity contribution in [3.05, 3.63) is 112 Å². The second-order valence-electron chi connectivity index (χ2n) is 8.89. The van der Waals surface area contributed by atoms with Crippen LogP contribution in [0.15, 0.2) is 91.0 Å². The molecule has 0 unspecified atom stereocenters. The van der Waals surface area contributed by atoms with Crippen molar-refractivity contribution in [2.45, 2.75) is 6.42 Å². The minimum absolute atomic E-state index is 0.510. The molecule has 0 aliphatic rings. The van der Waals surface area contributed by atoms with Crippen molar-refractivity contribution in [1.82, 2.24) is 14.8 Å². The second kappa shape index (κ2) is 10.0. The summed E-state index contributed by atoms with van der Waals surface area (Å²) in [5.74, 6) is 1.23. The molecule has 0 amide bonds. The highest BCUT2D eigenvalue weighted by molar-refractivity contribution is 6.36. The predicted molar refractivity (Wildman–Crippen MR) is 154 cm³/mol. The lowest BCUT2D eigenvalue weighted by Crippen LogP contribution is -1.99. The first-order chi connectivity index (χ1) is 18.6. The number of benzene rings is 4. The maximum Gasteiger partial charge on any atom is 0.164 e. The van der Waals surface area contributed by atoms with E-state index in [9.17, 15) is 0 Å². The summed E-state index contributed by atoms with van der Waals surface area (Å²) in [6.07, 6.45) is 0.642. The lowest BCUT2D eigenvalue weighted by Gasteiger charge is -2.14. The Balaban J connectivity index is 1.76. The molecule has 0 spiro atoms. The molecular formula is C31H23Cl2N3O2. The highest BCUT2D eigenvalue weighted by Crippen LogP contribution is 2.43. The number of hydrogen-bond donors (Lipinski definition) is 0. The van der Waals surface area contributed by atoms with Crippen LogP contribution in [0.1, 0.15) is 11.3 Å². The number of nitrogens with zero attached hydrogens (tertiary/aromatic N) is 3. The molecule has 0 bridgehead atoms. The third-order valence-electron chi connectivity index (χ3n) is 6.60. The monoisotopic (exact) mass is 539 g/mol. The van der Waals surface area contributed by atoms with Crippen LogP contribution < -0.4 is 9.47 Å². The van der Waals surface area contributed by atoms with Gasteiger partial charge in [0.05, 0.1) is 41.7 Å². The summed E-state index contributed by atoms with van der Waals surface area (Å²) in [5.41, 5.74) is 5.18. The number of para-hydroxylation sites is 1. The Morgan fingerprint density at radius 3 is 2.08 bits per heavy atom. The van der Waals surface area contributed by atoms with Gasteiger partial charge in [0.15, 0.2) is 17.1 Å². The van der Waals surface area contributed by atoms with E-state index in [2.05, 4.69) is 12.1 Å². The average molecular weight is 540 g/mol. The SMILES string of the molecule is COc1cc2c(-c3ccc(Cl)cc3Cl)nc3c(c(Cc4ccccc4)nn3-c3ccccc3)c2cc1OC. The fourth-order valence-corrected chi connectivity index (χ4v) is 5.33. The van der Waals surface area contributed by atoms with Gasteiger partial charge in [0.25, 0.3) is 0 Å². The van der Waals surface area contributed by atoms with E-state index in [1.165, 1.54) is 0 Å². The number of methoxy groups -OCH3 is 2. The number of hydrogen-bond acceptors (Lipinski definition) is 4. The van der Waals surface area contributed by atoms with E-state index >= 15 is 0 Å². The summed E-state index contributed by atoms with van der Waals surface area (Å²) in [6.45, 7) is 0. The molecule has 0 atom stereocenters. The third-order valence-corrected chi connectivity index (χ3v) is 7.15. The molecular weight excluding hydrogens is 517 g/mol. The maximum atomic E-state index is 6.71. The van der Waals surface area contributed by atoms with Crippen molar-refractivity contribution < 1.29 is 9.47 Å². The van der Waals surface area contributed by atoms with Crippen LogP contribution in [0, 0.1) is 0 Å². The number of rotatable bonds is 6. The summed E-state index contributed by atoms with van der Waals surface area (Å²) >= 11 is 12.9. The van der Waals surface area contributed by atoms with Crippen molar-refractivity contribution in [1.29, 1.82) is 0 Å². The zero-order valence-electron chi connectivity index (χ0n) is 20.8. The van der Waals surface area contributed by atoms with Gasteiger partial charge in [0.1, 0.15) is 0 Å². The zero-order valence-corrected chi connectivity index (χ0v) is 22.3. The van der Waals surface area contributed by atoms with Crippen LogP contribution in [0.2, 0.25) is 10.0 Å². The van der Waals surface area contributed by atoms with Gasteiger partial charge in [-0.2, -0.15) is 5.10 Å². The first-order valence-electron chi connectivity index (χ1n) is 12.1. The summed E-state index contributed by atoms with van der Waals surface area (Å²) in [6, 6.07) is 29.7. The van der Waals surface area contributed by atoms with Crippen molar-refractivity contribution in [2.24, 2.45) is 0 Å². The van der Waals surface area contributed by atoms with Crippen molar-refractivity contribution >= 4 is 45.0 Å². The van der Waals surface area contributed by atoms with E-state index in [-0.39, 0.29) is 0 Å². The van der Waals surface area contributed by atoms with Gasteiger partial charge in [0.2, 0.25) is 0 Å². The van der Waals surface area contributed by atoms with Gasteiger partial charge in [-0.05, 0) is 48.0 Å². The highest BCUT2D eigenvalue weighted by Gasteiger charge is 2.23. The van der Waals surface area contributed by atoms with E-state index in [1.54, 1.807) is 20.3 Å². The Morgan fingerprint density at radius 2 is 1.42 bits per heavy atom. The van der Waals surface area contributed by atoms with Crippen molar-refractivity contribution in [3.63, 3.8) is 0 Å². The van der Waals surface area contributed by atoms with Gasteiger partial charge in [-0.15, -0.1) is 0 Å². The first kappa shape index (κ1) is 24.3. The van der Waals surface area contributed by atoms with E-state index in [0.29, 0.717) is 33.7 Å². The Hall–Kier alpha value is -4.06. The lowest BCUT2D eigenvalue weighted by molar-refractivity contribution is 0.356. The van der Waals surface area contributed by atoms with Crippen LogP contribution in [0.3, 0.4) is 0 Å². The molecule has 38 heavy (non-hydrogen) atoms. The largest absolute Gasteiger partial charge is 0.493 e. The second-order valence-corrected chi connectivity index (χ2v) is 9.74. The molecule has 0 N–H and O–H groups in total. The van der Waals surface area contributed by atoms with Crippen LogP contribution in [-0.2, 0) is 6.42 Å². The average Bonchev–Trinajstić information content (AvgIpc) is 3.31. The molecule has 188 valence electrons. The fourth-order valence-electron chi connectivity index (χ4n) is 4.83. The van der Waals surface area contributed by atoms with Crippen LogP contribution in [0.4, 0.5) is 0 Å². The van der Waals surface area contributed by atoms with Gasteiger partial charge in [-0.3, -0.25) is 0 Å². The Labute approximate surface area is 230 Å². The van der Waals surface area contributed by atoms with Gasteiger partial charge in [-0.25, -0.2) is 9.67 Å². The Kier molecular flexibility index (Phi) is 6.40. The van der Waals surface area contributed by atoms with E-state index in [0.717, 1.165) is 44.3 Å². The molecule has 4 aromatic carbocycles. The standard InChI is InChI=1S/C31H23Cl2N3O2/c1-37-27-17-23-24(18-28(27)38-2)30(22-14-13-20(32)16-25(22)33)34-31-29(23)26(15-19-9-5-3-6-10-19)35-36(31)21-11-7-4-8-12-21/h3-14,16-18H,15H2,1-2H3. The molecule has 7 heteroatoms. The van der Waals surface area contributed by atoms with E-state index in [4.69, 9.17) is 42.8 Å². The molecule has 0 radical (unpaired) electrons. The third kappa shape index (κ3) is 4.24. The number of pyridine rings is 1. The normalized spacial score (nSPS) is 11.3. The topological polar surface area (TPSA) is 49.2 Å². The zero-order chi connectivity index (χ0) is 26.2. The molecule has 0 aliphatic carbocycles. The molecule has 0 saturated carbocycles. The molecule has 0 aliphatic heterocycles. The molecule has 6 rings (SSSR count). The first-order valence-corrected chi connectivity index (χ1v) is 12.8. The summed E-state index contributed by atoms with van der Waals surface area (Å²) in [4.78, 5) is 5.21. The van der Waals surface area contributed by atoms with Crippen LogP contribution in [0.25, 0.3) is 38.8 Å². The minimum Gasteiger partial charge on any atom is -0.493 e. The Bertz CT molecular complexity index is 1780. The maximum absolute atomic E-state index is 6.71. The minimum atomic E-state index is 0.510. The van der Waals surface area contributed by atoms with Crippen molar-refractivity contribution in [2.75, 3.05) is 14.2 Å². The highest BCUT2D eigenvalue weighted by atomic mass is 35.5. The van der Waals surface area contributed by atoms with E-state index < -0.39 is 0 Å². The van der Waals surface area contributed by atoms with Gasteiger partial charge >= 0.3 is 0 Å². The van der Waals surface area contributed by atoms with Crippen molar-refractivity contribution in [3.8, 4) is 28.4 Å². The number of halogens is 2. The quantitative estimate of drug-likeness (QED) is 0.214. The molecule has 0 saturated heterocycles. The van der Waals surface area contributed by atoms with E-state index in [1.807, 2.05) is 77.5 Å². The van der Waals surface area contributed by atoms with Crippen LogP contribution in [-0.4, -0.2) is 29.0 Å². The summed E-state index contributed by atoms with van der Waals surface area (Å²) in [7, 11) is 3.26. The Morgan fingerprint density at radius 1 is 0.763 bits per heavy atom. The number of ether oxygens (including phenoxy) is 2. The van der Waals surface area contributed by atoms with Gasteiger partial charge in [0, 0.05) is 27.8 Å².